The van der Waals surface area contributed by atoms with Crippen LogP contribution in [-0.4, -0.2) is 9.91 Å². The van der Waals surface area contributed by atoms with Crippen molar-refractivity contribution in [1.82, 2.24) is 4.98 Å². The largest absolute Gasteiger partial charge is 0.358 e. The lowest BCUT2D eigenvalue weighted by atomic mass is 10.2. The van der Waals surface area contributed by atoms with Crippen LogP contribution in [0.2, 0.25) is 0 Å². The van der Waals surface area contributed by atoms with Crippen LogP contribution >= 0.6 is 15.9 Å². The quantitative estimate of drug-likeness (QED) is 0.658. The molecule has 1 heterocycles. The zero-order valence-corrected chi connectivity index (χ0v) is 8.05. The van der Waals surface area contributed by atoms with Gasteiger partial charge in [0.05, 0.1) is 0 Å². The second-order valence-electron chi connectivity index (χ2n) is 2.30. The van der Waals surface area contributed by atoms with Crippen molar-refractivity contribution in [1.29, 1.82) is 0 Å². The Balaban J connectivity index is 3.52. The van der Waals surface area contributed by atoms with Gasteiger partial charge in [-0.15, -0.1) is 0 Å². The highest BCUT2D eigenvalue weighted by atomic mass is 79.9. The molecule has 76 valence electrons. The van der Waals surface area contributed by atoms with Crippen molar-refractivity contribution in [3.63, 3.8) is 0 Å². The Morgan fingerprint density at radius 2 is 2.14 bits per heavy atom. The predicted molar refractivity (Wildman–Crippen MR) is 46.4 cm³/mol. The minimum absolute atomic E-state index is 0.275. The third kappa shape index (κ3) is 1.95. The summed E-state index contributed by atoms with van der Waals surface area (Å²) in [4.78, 5) is 21.7. The zero-order valence-electron chi connectivity index (χ0n) is 6.46. The number of halogens is 3. The van der Waals surface area contributed by atoms with Gasteiger partial charge in [0.15, 0.2) is 0 Å². The molecule has 0 aliphatic heterocycles. The van der Waals surface area contributed by atoms with Gasteiger partial charge in [0, 0.05) is 10.5 Å². The maximum Gasteiger partial charge on any atom is 0.333 e. The molecule has 0 aliphatic carbocycles. The molecule has 0 bridgehead atoms. The minimum atomic E-state index is -3.03. The zero-order chi connectivity index (χ0) is 10.9. The minimum Gasteiger partial charge on any atom is -0.358 e. The molecule has 0 saturated carbocycles. The third-order valence-corrected chi connectivity index (χ3v) is 2.07. The highest BCUT2D eigenvalue weighted by molar-refractivity contribution is 9.10. The summed E-state index contributed by atoms with van der Waals surface area (Å²) >= 11 is 2.66. The number of H-pyrrole nitrogens is 1. The number of rotatable bonds is 2. The van der Waals surface area contributed by atoms with E-state index in [1.165, 1.54) is 0 Å². The van der Waals surface area contributed by atoms with Crippen LogP contribution in [-0.2, 0) is 0 Å². The van der Waals surface area contributed by atoms with Gasteiger partial charge in [-0.05, 0) is 20.9 Å². The van der Waals surface area contributed by atoms with Gasteiger partial charge in [0.1, 0.15) is 5.56 Å². The molecule has 14 heavy (non-hydrogen) atoms. The van der Waals surface area contributed by atoms with E-state index in [-0.39, 0.29) is 4.47 Å². The van der Waals surface area contributed by atoms with Gasteiger partial charge in [-0.1, -0.05) is 0 Å². The van der Waals surface area contributed by atoms with E-state index >= 15 is 0 Å². The van der Waals surface area contributed by atoms with E-state index in [2.05, 4.69) is 15.9 Å². The number of aromatic amines is 1. The van der Waals surface area contributed by atoms with Crippen LogP contribution in [0.3, 0.4) is 0 Å². The fourth-order valence-electron chi connectivity index (χ4n) is 0.878. The molecule has 1 aromatic heterocycles. The van der Waals surface area contributed by atoms with E-state index in [1.807, 2.05) is 0 Å². The SMILES string of the molecule is O=c1cc(Br)c(C(F)F)c([N+](=O)[O-])[nH]1. The Hall–Kier alpha value is -1.31. The Bertz CT molecular complexity index is 432. The molecule has 0 aromatic carbocycles. The number of nitrogens with zero attached hydrogens (tertiary/aromatic N) is 1. The van der Waals surface area contributed by atoms with E-state index in [9.17, 15) is 23.7 Å². The number of alkyl halides is 2. The maximum atomic E-state index is 12.3. The molecule has 0 aliphatic rings. The van der Waals surface area contributed by atoms with Crippen molar-refractivity contribution in [3.8, 4) is 0 Å². The Morgan fingerprint density at radius 3 is 2.57 bits per heavy atom. The first-order valence-corrected chi connectivity index (χ1v) is 4.08. The fraction of sp³-hybridized carbons (Fsp3) is 0.167. The molecule has 1 rings (SSSR count). The van der Waals surface area contributed by atoms with Crippen molar-refractivity contribution in [3.05, 3.63) is 36.6 Å². The number of pyridine rings is 1. The third-order valence-electron chi connectivity index (χ3n) is 1.41. The van der Waals surface area contributed by atoms with Gasteiger partial charge < -0.3 is 10.1 Å². The Morgan fingerprint density at radius 1 is 1.57 bits per heavy atom. The Labute approximate surface area is 84.0 Å². The van der Waals surface area contributed by atoms with Crippen LogP contribution in [0, 0.1) is 10.1 Å². The van der Waals surface area contributed by atoms with E-state index in [1.54, 1.807) is 4.98 Å². The van der Waals surface area contributed by atoms with Gasteiger partial charge in [0.25, 0.3) is 6.43 Å². The van der Waals surface area contributed by atoms with Crippen molar-refractivity contribution in [2.75, 3.05) is 0 Å². The standard InChI is InChI=1S/C6H3BrF2N2O3/c7-2-1-3(12)10-6(11(13)14)4(2)5(8)9/h1,5H,(H,10,12). The molecule has 0 saturated heterocycles. The summed E-state index contributed by atoms with van der Waals surface area (Å²) in [5.41, 5.74) is -1.64. The lowest BCUT2D eigenvalue weighted by Crippen LogP contribution is -2.11. The molecule has 1 N–H and O–H groups in total. The summed E-state index contributed by atoms with van der Waals surface area (Å²) in [5.74, 6) is -0.987. The van der Waals surface area contributed by atoms with Crippen molar-refractivity contribution < 1.29 is 13.7 Å². The first-order chi connectivity index (χ1) is 6.43. The van der Waals surface area contributed by atoms with Gasteiger partial charge in [0.2, 0.25) is 0 Å². The van der Waals surface area contributed by atoms with Crippen LogP contribution in [0.25, 0.3) is 0 Å². The van der Waals surface area contributed by atoms with Crippen LogP contribution in [0.1, 0.15) is 12.0 Å². The van der Waals surface area contributed by atoms with Crippen LogP contribution < -0.4 is 5.56 Å². The summed E-state index contributed by atoms with van der Waals surface area (Å²) in [6.45, 7) is 0. The lowest BCUT2D eigenvalue weighted by molar-refractivity contribution is -0.391. The Kier molecular flexibility index (Phi) is 2.94. The molecule has 1 aromatic rings. The molecule has 0 radical (unpaired) electrons. The predicted octanol–water partition coefficient (Wildman–Crippen LogP) is 1.98. The van der Waals surface area contributed by atoms with E-state index in [0.717, 1.165) is 6.07 Å². The first kappa shape index (κ1) is 10.8. The second kappa shape index (κ2) is 3.82. The van der Waals surface area contributed by atoms with E-state index < -0.39 is 28.3 Å². The molecular weight excluding hydrogens is 266 g/mol. The van der Waals surface area contributed by atoms with E-state index in [4.69, 9.17) is 0 Å². The molecule has 0 spiro atoms. The smallest absolute Gasteiger partial charge is 0.333 e. The summed E-state index contributed by atoms with van der Waals surface area (Å²) in [7, 11) is 0. The molecule has 8 heteroatoms. The molecule has 0 atom stereocenters. The van der Waals surface area contributed by atoms with Crippen molar-refractivity contribution in [2.24, 2.45) is 0 Å². The van der Waals surface area contributed by atoms with Gasteiger partial charge in [-0.2, -0.15) is 0 Å². The lowest BCUT2D eigenvalue weighted by Gasteiger charge is -2.03. The van der Waals surface area contributed by atoms with Crippen LogP contribution in [0.5, 0.6) is 0 Å². The highest BCUT2D eigenvalue weighted by Crippen LogP contribution is 2.32. The fourth-order valence-corrected chi connectivity index (χ4v) is 1.45. The molecule has 0 amide bonds. The summed E-state index contributed by atoms with van der Waals surface area (Å²) < 4.78 is 24.4. The average molecular weight is 269 g/mol. The number of hydrogen-bond acceptors (Lipinski definition) is 3. The monoisotopic (exact) mass is 268 g/mol. The second-order valence-corrected chi connectivity index (χ2v) is 3.16. The summed E-state index contributed by atoms with van der Waals surface area (Å²) in [6, 6.07) is 0.814. The topological polar surface area (TPSA) is 76.0 Å². The normalized spacial score (nSPS) is 10.6. The maximum absolute atomic E-state index is 12.3. The van der Waals surface area contributed by atoms with E-state index in [0.29, 0.717) is 0 Å². The highest BCUT2D eigenvalue weighted by Gasteiger charge is 2.25. The van der Waals surface area contributed by atoms with Crippen molar-refractivity contribution in [2.45, 2.75) is 6.43 Å². The summed E-state index contributed by atoms with van der Waals surface area (Å²) in [5, 5.41) is 10.3. The summed E-state index contributed by atoms with van der Waals surface area (Å²) in [6.07, 6.45) is -3.03. The number of hydrogen-bond donors (Lipinski definition) is 1. The molecular formula is C6H3BrF2N2O3. The van der Waals surface area contributed by atoms with Gasteiger partial charge >= 0.3 is 11.4 Å². The average Bonchev–Trinajstić information content (AvgIpc) is 2.01. The van der Waals surface area contributed by atoms with Gasteiger partial charge in [-0.3, -0.25) is 0 Å². The van der Waals surface area contributed by atoms with Crippen LogP contribution in [0.4, 0.5) is 14.6 Å². The molecule has 0 fully saturated rings. The molecule has 0 unspecified atom stereocenters. The number of aromatic nitrogens is 1. The first-order valence-electron chi connectivity index (χ1n) is 3.28. The molecule has 5 nitrogen and oxygen atoms in total. The van der Waals surface area contributed by atoms with Gasteiger partial charge in [-0.25, -0.2) is 18.6 Å². The number of nitrogens with one attached hydrogen (secondary N) is 1. The van der Waals surface area contributed by atoms with Crippen LogP contribution in [0.15, 0.2) is 15.3 Å². The van der Waals surface area contributed by atoms with Crippen molar-refractivity contribution >= 4 is 21.7 Å². The number of nitro groups is 1.